The molecule has 1 aromatic heterocycles. The van der Waals surface area contributed by atoms with E-state index in [1.165, 1.54) is 19.1 Å². The minimum Gasteiger partial charge on any atom is -0.460 e. The molecule has 1 aliphatic heterocycles. The van der Waals surface area contributed by atoms with Crippen LogP contribution < -0.4 is 20.9 Å². The predicted octanol–water partition coefficient (Wildman–Crippen LogP) is 1.08. The molecule has 2 heterocycles. The van der Waals surface area contributed by atoms with Gasteiger partial charge in [0.1, 0.15) is 37.2 Å². The Morgan fingerprint density at radius 1 is 1.17 bits per heavy atom. The van der Waals surface area contributed by atoms with Crippen molar-refractivity contribution in [2.45, 2.75) is 43.6 Å². The number of para-hydroxylation sites is 1. The number of aromatic amines is 1. The molecule has 1 aliphatic rings. The van der Waals surface area contributed by atoms with Crippen molar-refractivity contribution in [3.05, 3.63) is 99.3 Å². The van der Waals surface area contributed by atoms with Crippen LogP contribution in [-0.4, -0.2) is 56.2 Å². The quantitative estimate of drug-likeness (QED) is 0.144. The monoisotopic (exact) mass is 585 g/mol. The Labute approximate surface area is 234 Å². The van der Waals surface area contributed by atoms with Crippen LogP contribution in [0.2, 0.25) is 0 Å². The van der Waals surface area contributed by atoms with Crippen LogP contribution in [0.4, 0.5) is 0 Å². The zero-order valence-electron chi connectivity index (χ0n) is 21.8. The first kappa shape index (κ1) is 30.0. The van der Waals surface area contributed by atoms with Gasteiger partial charge in [-0.1, -0.05) is 54.5 Å². The van der Waals surface area contributed by atoms with E-state index in [1.54, 1.807) is 42.5 Å². The number of ether oxygens (including phenoxy) is 2. The molecule has 14 heteroatoms. The van der Waals surface area contributed by atoms with Crippen molar-refractivity contribution in [1.29, 1.82) is 0 Å². The number of H-pyrrole nitrogens is 1. The highest BCUT2D eigenvalue weighted by Gasteiger charge is 2.56. The smallest absolute Gasteiger partial charge is 0.459 e. The molecule has 0 aliphatic carbocycles. The third-order valence-corrected chi connectivity index (χ3v) is 7.76. The number of benzene rings is 2. The van der Waals surface area contributed by atoms with Crippen molar-refractivity contribution in [3.8, 4) is 18.1 Å². The summed E-state index contributed by atoms with van der Waals surface area (Å²) in [6, 6.07) is 16.7. The first-order chi connectivity index (χ1) is 19.6. The number of aliphatic hydroxyl groups excluding tert-OH is 2. The first-order valence-corrected chi connectivity index (χ1v) is 13.9. The number of nitrogens with one attached hydrogen (secondary N) is 2. The molecule has 2 aromatic carbocycles. The third kappa shape index (κ3) is 7.01. The van der Waals surface area contributed by atoms with Gasteiger partial charge in [-0.2, -0.15) is 5.09 Å². The zero-order chi connectivity index (χ0) is 29.6. The number of hydrogen-bond donors (Lipinski definition) is 4. The summed E-state index contributed by atoms with van der Waals surface area (Å²) in [5.74, 6) is 1.56. The van der Waals surface area contributed by atoms with Gasteiger partial charge in [0.2, 0.25) is 0 Å². The molecule has 1 fully saturated rings. The highest BCUT2D eigenvalue weighted by Crippen LogP contribution is 2.47. The lowest BCUT2D eigenvalue weighted by Crippen LogP contribution is -2.46. The van der Waals surface area contributed by atoms with E-state index in [0.717, 1.165) is 22.4 Å². The van der Waals surface area contributed by atoms with Crippen LogP contribution in [-0.2, 0) is 30.0 Å². The second kappa shape index (κ2) is 12.7. The Bertz CT molecular complexity index is 1560. The molecule has 1 unspecified atom stereocenters. The number of carbonyl (C=O) groups is 1. The summed E-state index contributed by atoms with van der Waals surface area (Å²) < 4.78 is 36.9. The van der Waals surface area contributed by atoms with E-state index < -0.39 is 61.7 Å². The van der Waals surface area contributed by atoms with Crippen LogP contribution in [0, 0.1) is 12.3 Å². The fraction of sp³-hybridized carbons (Fsp3) is 0.296. The minimum atomic E-state index is -4.44. The topological polar surface area (TPSA) is 178 Å². The van der Waals surface area contributed by atoms with Gasteiger partial charge in [-0.05, 0) is 24.6 Å². The highest BCUT2D eigenvalue weighted by molar-refractivity contribution is 7.52. The maximum atomic E-state index is 13.9. The number of aromatic nitrogens is 2. The summed E-state index contributed by atoms with van der Waals surface area (Å²) in [6.07, 6.45) is 1.62. The lowest BCUT2D eigenvalue weighted by Gasteiger charge is -2.29. The number of terminal acetylenes is 1. The summed E-state index contributed by atoms with van der Waals surface area (Å²) >= 11 is 0. The van der Waals surface area contributed by atoms with Gasteiger partial charge in [-0.15, -0.1) is 6.42 Å². The molecule has 4 rings (SSSR count). The number of rotatable bonds is 11. The van der Waals surface area contributed by atoms with Crippen LogP contribution in [0.5, 0.6) is 5.75 Å². The largest absolute Gasteiger partial charge is 0.460 e. The highest BCUT2D eigenvalue weighted by atomic mass is 31.2. The number of hydrogen-bond acceptors (Lipinski definition) is 10. The molecule has 4 N–H and O–H groups in total. The Kier molecular flexibility index (Phi) is 9.25. The van der Waals surface area contributed by atoms with Gasteiger partial charge >= 0.3 is 19.4 Å². The fourth-order valence-corrected chi connectivity index (χ4v) is 5.47. The molecule has 216 valence electrons. The average molecular weight is 586 g/mol. The van der Waals surface area contributed by atoms with Gasteiger partial charge in [-0.25, -0.2) is 9.36 Å². The Morgan fingerprint density at radius 3 is 2.46 bits per heavy atom. The normalized spacial score (nSPS) is 24.1. The molecule has 0 spiro atoms. The number of aliphatic hydroxyl groups is 2. The molecule has 1 saturated heterocycles. The minimum absolute atomic E-state index is 0.0277. The predicted molar refractivity (Wildman–Crippen MR) is 144 cm³/mol. The zero-order valence-corrected chi connectivity index (χ0v) is 22.7. The van der Waals surface area contributed by atoms with E-state index in [1.807, 2.05) is 11.1 Å². The lowest BCUT2D eigenvalue weighted by molar-refractivity contribution is -0.146. The van der Waals surface area contributed by atoms with E-state index in [2.05, 4.69) is 11.0 Å². The van der Waals surface area contributed by atoms with Crippen molar-refractivity contribution >= 4 is 13.7 Å². The molecule has 0 saturated carbocycles. The maximum Gasteiger partial charge on any atom is 0.459 e. The molecular weight excluding hydrogens is 557 g/mol. The summed E-state index contributed by atoms with van der Waals surface area (Å²) in [5.41, 5.74) is -2.99. The van der Waals surface area contributed by atoms with Crippen molar-refractivity contribution in [3.63, 3.8) is 0 Å². The first-order valence-electron chi connectivity index (χ1n) is 12.4. The average Bonchev–Trinajstić information content (AvgIpc) is 3.21. The van der Waals surface area contributed by atoms with Gasteiger partial charge in [-0.3, -0.25) is 23.7 Å². The summed E-state index contributed by atoms with van der Waals surface area (Å²) in [4.78, 5) is 38.4. The van der Waals surface area contributed by atoms with Crippen molar-refractivity contribution in [1.82, 2.24) is 14.6 Å². The molecule has 3 aromatic rings. The van der Waals surface area contributed by atoms with Crippen LogP contribution >= 0.6 is 7.75 Å². The maximum absolute atomic E-state index is 13.9. The SMILES string of the molecule is C#C[C@]1(COP(=O)(N[C@H](C)C(=O)OCc2ccccc2)Oc2ccccc2)O[C@@H](n2ccc(=O)[nH]c2=O)[C@H](O)[C@@H]1O. The van der Waals surface area contributed by atoms with Crippen molar-refractivity contribution in [2.75, 3.05) is 6.61 Å². The molecule has 13 nitrogen and oxygen atoms in total. The number of nitrogens with zero attached hydrogens (tertiary/aromatic N) is 1. The molecule has 0 bridgehead atoms. The van der Waals surface area contributed by atoms with Crippen LogP contribution in [0.1, 0.15) is 18.7 Å². The Balaban J connectivity index is 1.53. The number of carbonyl (C=O) groups excluding carboxylic acids is 1. The number of esters is 1. The second-order valence-electron chi connectivity index (χ2n) is 9.11. The van der Waals surface area contributed by atoms with Crippen molar-refractivity contribution in [2.24, 2.45) is 0 Å². The van der Waals surface area contributed by atoms with E-state index in [9.17, 15) is 29.2 Å². The molecule has 41 heavy (non-hydrogen) atoms. The van der Waals surface area contributed by atoms with Crippen molar-refractivity contribution < 1.29 is 38.1 Å². The molecular formula is C27H28N3O10P. The van der Waals surface area contributed by atoms with Gasteiger partial charge in [0.15, 0.2) is 11.8 Å². The van der Waals surface area contributed by atoms with Gasteiger partial charge < -0.3 is 24.2 Å². The lowest BCUT2D eigenvalue weighted by atomic mass is 9.97. The Hall–Kier alpha value is -4.02. The van der Waals surface area contributed by atoms with Crippen LogP contribution in [0.15, 0.2) is 82.5 Å². The second-order valence-corrected chi connectivity index (χ2v) is 10.8. The summed E-state index contributed by atoms with van der Waals surface area (Å²) in [6.45, 7) is 0.553. The van der Waals surface area contributed by atoms with E-state index in [4.69, 9.17) is 24.9 Å². The Morgan fingerprint density at radius 2 is 1.83 bits per heavy atom. The van der Waals surface area contributed by atoms with E-state index in [0.29, 0.717) is 0 Å². The van der Waals surface area contributed by atoms with Gasteiger partial charge in [0.25, 0.3) is 5.56 Å². The molecule has 0 radical (unpaired) electrons. The third-order valence-electron chi connectivity index (χ3n) is 6.14. The van der Waals surface area contributed by atoms with Gasteiger partial charge in [0.05, 0.1) is 0 Å². The van der Waals surface area contributed by atoms with E-state index >= 15 is 0 Å². The summed E-state index contributed by atoms with van der Waals surface area (Å²) in [7, 11) is -4.44. The molecule has 6 atom stereocenters. The van der Waals surface area contributed by atoms with Gasteiger partial charge in [0, 0.05) is 12.3 Å². The molecule has 0 amide bonds. The van der Waals surface area contributed by atoms with Crippen LogP contribution in [0.25, 0.3) is 0 Å². The van der Waals surface area contributed by atoms with E-state index in [-0.39, 0.29) is 12.4 Å². The summed E-state index contributed by atoms with van der Waals surface area (Å²) in [5, 5.41) is 24.0. The standard InChI is InChI=1S/C27H28N3O10P/c1-3-27(23(33)22(32)24(39-27)30-15-14-21(31)28-26(30)35)17-38-41(36,40-20-12-8-5-9-13-20)29-18(2)25(34)37-16-19-10-6-4-7-11-19/h1,4-15,18,22-24,32-33H,16-17H2,2H3,(H,29,36)(H,28,31,35)/t18-,22-,23+,24-,27-,41?/m1/s1. The fourth-order valence-electron chi connectivity index (χ4n) is 3.95. The van der Waals surface area contributed by atoms with Crippen LogP contribution in [0.3, 0.4) is 0 Å².